The number of nitrogens with zero attached hydrogens (tertiary/aromatic N) is 4. The molecule has 0 aliphatic carbocycles. The van der Waals surface area contributed by atoms with Crippen LogP contribution in [-0.4, -0.2) is 63.4 Å². The van der Waals surface area contributed by atoms with Crippen molar-refractivity contribution in [3.05, 3.63) is 18.0 Å². The van der Waals surface area contributed by atoms with Crippen LogP contribution in [0.2, 0.25) is 0 Å². The Morgan fingerprint density at radius 2 is 2.43 bits per heavy atom. The maximum Gasteiger partial charge on any atom is 0.222 e. The molecule has 1 amide bonds. The molecule has 1 aromatic heterocycles. The Balaban J connectivity index is 1.76. The summed E-state index contributed by atoms with van der Waals surface area (Å²) in [4.78, 5) is 15.3. The molecule has 1 aliphatic rings. The molecule has 0 spiro atoms. The smallest absolute Gasteiger partial charge is 0.222 e. The normalized spacial score (nSPS) is 16.5. The van der Waals surface area contributed by atoms with Crippen molar-refractivity contribution in [1.82, 2.24) is 19.6 Å². The van der Waals surface area contributed by atoms with Gasteiger partial charge in [0, 0.05) is 44.4 Å². The highest BCUT2D eigenvalue weighted by Crippen LogP contribution is 2.10. The van der Waals surface area contributed by atoms with Gasteiger partial charge in [-0.1, -0.05) is 5.92 Å². The lowest BCUT2D eigenvalue weighted by Gasteiger charge is -2.24. The summed E-state index contributed by atoms with van der Waals surface area (Å²) in [6.45, 7) is 2.85. The highest BCUT2D eigenvalue weighted by Gasteiger charge is 2.23. The van der Waals surface area contributed by atoms with Gasteiger partial charge in [-0.15, -0.1) is 6.42 Å². The summed E-state index contributed by atoms with van der Waals surface area (Å²) >= 11 is 0. The van der Waals surface area contributed by atoms with Crippen molar-refractivity contribution < 1.29 is 9.90 Å². The average molecular weight is 290 g/mol. The van der Waals surface area contributed by atoms with Crippen LogP contribution in [-0.2, 0) is 17.9 Å². The molecule has 1 unspecified atom stereocenters. The van der Waals surface area contributed by atoms with E-state index in [2.05, 4.69) is 11.0 Å². The summed E-state index contributed by atoms with van der Waals surface area (Å²) in [5.74, 6) is 2.68. The van der Waals surface area contributed by atoms with E-state index in [1.807, 2.05) is 18.1 Å². The van der Waals surface area contributed by atoms with Crippen molar-refractivity contribution in [2.75, 3.05) is 26.7 Å². The molecule has 114 valence electrons. The van der Waals surface area contributed by atoms with E-state index >= 15 is 0 Å². The second-order valence-electron chi connectivity index (χ2n) is 5.54. The maximum absolute atomic E-state index is 11.5. The number of likely N-dealkylation sites (N-methyl/N-ethyl adjacent to an activating group) is 1. The van der Waals surface area contributed by atoms with E-state index in [-0.39, 0.29) is 5.91 Å². The Morgan fingerprint density at radius 3 is 3.10 bits per heavy atom. The SMILES string of the molecule is C#CCn1cc(CN(C)CC(O)CN2CCCC2=O)cn1. The molecule has 1 fully saturated rings. The standard InChI is InChI=1S/C15H22N4O2/c1-3-6-19-10-13(8-16-19)9-17(2)11-14(20)12-18-7-4-5-15(18)21/h1,8,10,14,20H,4-7,9,11-12H2,2H3. The minimum Gasteiger partial charge on any atom is -0.390 e. The summed E-state index contributed by atoms with van der Waals surface area (Å²) in [6, 6.07) is 0. The van der Waals surface area contributed by atoms with E-state index in [1.54, 1.807) is 15.8 Å². The third kappa shape index (κ3) is 4.59. The zero-order valence-electron chi connectivity index (χ0n) is 12.4. The molecule has 1 saturated heterocycles. The first-order valence-corrected chi connectivity index (χ1v) is 7.17. The van der Waals surface area contributed by atoms with E-state index in [1.165, 1.54) is 0 Å². The van der Waals surface area contributed by atoms with Crippen LogP contribution in [0.3, 0.4) is 0 Å². The van der Waals surface area contributed by atoms with Crippen molar-refractivity contribution in [2.45, 2.75) is 32.0 Å². The molecular weight excluding hydrogens is 268 g/mol. The zero-order chi connectivity index (χ0) is 15.2. The van der Waals surface area contributed by atoms with Crippen molar-refractivity contribution in [3.8, 4) is 12.3 Å². The molecule has 0 radical (unpaired) electrons. The number of rotatable bonds is 7. The van der Waals surface area contributed by atoms with Gasteiger partial charge >= 0.3 is 0 Å². The molecule has 0 bridgehead atoms. The van der Waals surface area contributed by atoms with Crippen LogP contribution in [0.5, 0.6) is 0 Å². The number of likely N-dealkylation sites (tertiary alicyclic amines) is 1. The molecule has 21 heavy (non-hydrogen) atoms. The van der Waals surface area contributed by atoms with Crippen molar-refractivity contribution >= 4 is 5.91 Å². The average Bonchev–Trinajstić information content (AvgIpc) is 3.00. The Hall–Kier alpha value is -1.84. The third-order valence-corrected chi connectivity index (χ3v) is 3.52. The van der Waals surface area contributed by atoms with E-state index in [0.717, 1.165) is 18.5 Å². The number of hydrogen-bond donors (Lipinski definition) is 1. The molecule has 6 nitrogen and oxygen atoms in total. The second-order valence-corrected chi connectivity index (χ2v) is 5.54. The number of β-amino-alcohol motifs (C(OH)–C–C–N with tert-alkyl or cyclic N) is 1. The topological polar surface area (TPSA) is 61.6 Å². The van der Waals surface area contributed by atoms with E-state index in [0.29, 0.717) is 32.6 Å². The van der Waals surface area contributed by atoms with Gasteiger partial charge in [0.2, 0.25) is 5.91 Å². The Labute approximate surface area is 125 Å². The van der Waals surface area contributed by atoms with Crippen LogP contribution in [0.1, 0.15) is 18.4 Å². The van der Waals surface area contributed by atoms with Gasteiger partial charge in [-0.25, -0.2) is 0 Å². The number of amides is 1. The van der Waals surface area contributed by atoms with Crippen LogP contribution in [0.4, 0.5) is 0 Å². The van der Waals surface area contributed by atoms with Crippen LogP contribution in [0, 0.1) is 12.3 Å². The number of aliphatic hydroxyl groups is 1. The fourth-order valence-electron chi connectivity index (χ4n) is 2.61. The number of aliphatic hydroxyl groups excluding tert-OH is 1. The van der Waals surface area contributed by atoms with Gasteiger partial charge in [-0.2, -0.15) is 5.10 Å². The van der Waals surface area contributed by atoms with Gasteiger partial charge in [-0.05, 0) is 13.5 Å². The summed E-state index contributed by atoms with van der Waals surface area (Å²) < 4.78 is 1.71. The summed E-state index contributed by atoms with van der Waals surface area (Å²) in [7, 11) is 1.94. The summed E-state index contributed by atoms with van der Waals surface area (Å²) in [5, 5.41) is 14.2. The Kier molecular flexibility index (Phi) is 5.37. The van der Waals surface area contributed by atoms with Gasteiger partial charge in [-0.3, -0.25) is 14.4 Å². The number of carbonyl (C=O) groups is 1. The van der Waals surface area contributed by atoms with E-state index < -0.39 is 6.10 Å². The quantitative estimate of drug-likeness (QED) is 0.714. The van der Waals surface area contributed by atoms with Gasteiger partial charge in [0.1, 0.15) is 6.54 Å². The van der Waals surface area contributed by atoms with Crippen LogP contribution in [0.15, 0.2) is 12.4 Å². The van der Waals surface area contributed by atoms with Crippen LogP contribution < -0.4 is 0 Å². The molecule has 2 heterocycles. The minimum atomic E-state index is -0.530. The first-order chi connectivity index (χ1) is 10.1. The second kappa shape index (κ2) is 7.25. The first-order valence-electron chi connectivity index (χ1n) is 7.17. The number of hydrogen-bond acceptors (Lipinski definition) is 4. The lowest BCUT2D eigenvalue weighted by Crippen LogP contribution is -2.39. The van der Waals surface area contributed by atoms with Crippen LogP contribution in [0.25, 0.3) is 0 Å². The lowest BCUT2D eigenvalue weighted by molar-refractivity contribution is -0.129. The zero-order valence-corrected chi connectivity index (χ0v) is 12.4. The number of aromatic nitrogens is 2. The summed E-state index contributed by atoms with van der Waals surface area (Å²) in [6.07, 6.45) is 9.91. The Bertz CT molecular complexity index is 520. The first kappa shape index (κ1) is 15.5. The van der Waals surface area contributed by atoms with Gasteiger partial charge < -0.3 is 10.0 Å². The fourth-order valence-corrected chi connectivity index (χ4v) is 2.61. The molecule has 1 aromatic rings. The van der Waals surface area contributed by atoms with E-state index in [4.69, 9.17) is 6.42 Å². The van der Waals surface area contributed by atoms with Crippen LogP contribution >= 0.6 is 0 Å². The van der Waals surface area contributed by atoms with Gasteiger partial charge in [0.05, 0.1) is 12.3 Å². The third-order valence-electron chi connectivity index (χ3n) is 3.52. The van der Waals surface area contributed by atoms with Gasteiger partial charge in [0.25, 0.3) is 0 Å². The highest BCUT2D eigenvalue weighted by atomic mass is 16.3. The van der Waals surface area contributed by atoms with Crippen molar-refractivity contribution in [3.63, 3.8) is 0 Å². The lowest BCUT2D eigenvalue weighted by atomic mass is 10.2. The minimum absolute atomic E-state index is 0.146. The van der Waals surface area contributed by atoms with Crippen molar-refractivity contribution in [1.29, 1.82) is 0 Å². The molecule has 0 aromatic carbocycles. The molecular formula is C15H22N4O2. The Morgan fingerprint density at radius 1 is 1.62 bits per heavy atom. The largest absolute Gasteiger partial charge is 0.390 e. The number of carbonyl (C=O) groups excluding carboxylic acids is 1. The fraction of sp³-hybridized carbons (Fsp3) is 0.600. The molecule has 0 saturated carbocycles. The molecule has 1 N–H and O–H groups in total. The summed E-state index contributed by atoms with van der Waals surface area (Å²) in [5.41, 5.74) is 1.05. The highest BCUT2D eigenvalue weighted by molar-refractivity contribution is 5.78. The van der Waals surface area contributed by atoms with Crippen molar-refractivity contribution in [2.24, 2.45) is 0 Å². The maximum atomic E-state index is 11.5. The predicted octanol–water partition coefficient (Wildman–Crippen LogP) is -0.0686. The van der Waals surface area contributed by atoms with Gasteiger partial charge in [0.15, 0.2) is 0 Å². The molecule has 1 atom stereocenters. The predicted molar refractivity (Wildman–Crippen MR) is 79.2 cm³/mol. The monoisotopic (exact) mass is 290 g/mol. The molecule has 1 aliphatic heterocycles. The molecule has 2 rings (SSSR count). The molecule has 6 heteroatoms. The number of terminal acetylenes is 1. The van der Waals surface area contributed by atoms with E-state index in [9.17, 15) is 9.90 Å².